The minimum atomic E-state index is -0.227. The van der Waals surface area contributed by atoms with E-state index < -0.39 is 0 Å². The Bertz CT molecular complexity index is 957. The van der Waals surface area contributed by atoms with E-state index in [2.05, 4.69) is 10.3 Å². The Morgan fingerprint density at radius 3 is 2.37 bits per heavy atom. The van der Waals surface area contributed by atoms with E-state index in [0.29, 0.717) is 24.0 Å². The smallest absolute Gasteiger partial charge is 0.277 e. The molecule has 0 bridgehead atoms. The lowest BCUT2D eigenvalue weighted by Crippen LogP contribution is -2.45. The predicted molar refractivity (Wildman–Crippen MR) is 113 cm³/mol. The first-order chi connectivity index (χ1) is 14.6. The monoisotopic (exact) mass is 411 g/mol. The molecular formula is C22H29N5O3. The zero-order valence-electron chi connectivity index (χ0n) is 17.3. The number of hydrogen-bond donors (Lipinski definition) is 0. The van der Waals surface area contributed by atoms with Crippen LogP contribution in [0.3, 0.4) is 0 Å². The van der Waals surface area contributed by atoms with Crippen molar-refractivity contribution in [2.75, 3.05) is 26.2 Å². The van der Waals surface area contributed by atoms with Crippen LogP contribution in [0.1, 0.15) is 44.9 Å². The zero-order chi connectivity index (χ0) is 20.9. The number of benzene rings is 1. The molecule has 0 saturated carbocycles. The minimum Gasteiger partial charge on any atom is -0.343 e. The second kappa shape index (κ2) is 9.36. The molecule has 0 spiro atoms. The summed E-state index contributed by atoms with van der Waals surface area (Å²) in [5, 5.41) is 8.52. The molecule has 0 atom stereocenters. The standard InChI is InChI=1S/C22H29N5O3/c28-20(11-16-27-22(30)18-7-3-4-8-19(18)23-24-27)25-14-9-17(10-15-25)21(29)26-12-5-1-2-6-13-26/h3-4,7-8,17H,1-2,5-6,9-16H2. The van der Waals surface area contributed by atoms with E-state index in [1.165, 1.54) is 17.5 Å². The summed E-state index contributed by atoms with van der Waals surface area (Å²) in [5.74, 6) is 0.292. The van der Waals surface area contributed by atoms with Gasteiger partial charge in [0.1, 0.15) is 5.52 Å². The van der Waals surface area contributed by atoms with Crippen molar-refractivity contribution in [3.8, 4) is 0 Å². The highest BCUT2D eigenvalue weighted by molar-refractivity contribution is 5.80. The van der Waals surface area contributed by atoms with Crippen molar-refractivity contribution >= 4 is 22.7 Å². The molecule has 0 aliphatic carbocycles. The molecule has 30 heavy (non-hydrogen) atoms. The van der Waals surface area contributed by atoms with E-state index in [-0.39, 0.29) is 36.3 Å². The summed E-state index contributed by atoms with van der Waals surface area (Å²) in [6.07, 6.45) is 6.26. The van der Waals surface area contributed by atoms with Gasteiger partial charge < -0.3 is 9.80 Å². The van der Waals surface area contributed by atoms with Gasteiger partial charge in [0.25, 0.3) is 5.56 Å². The normalized spacial score (nSPS) is 18.4. The highest BCUT2D eigenvalue weighted by Crippen LogP contribution is 2.22. The Balaban J connectivity index is 1.29. The van der Waals surface area contributed by atoms with Crippen LogP contribution in [0, 0.1) is 5.92 Å². The molecule has 8 nitrogen and oxygen atoms in total. The molecule has 2 aliphatic rings. The summed E-state index contributed by atoms with van der Waals surface area (Å²) in [7, 11) is 0. The lowest BCUT2D eigenvalue weighted by atomic mass is 9.95. The van der Waals surface area contributed by atoms with Gasteiger partial charge in [-0.15, -0.1) is 5.10 Å². The summed E-state index contributed by atoms with van der Waals surface area (Å²) < 4.78 is 1.26. The molecule has 0 radical (unpaired) electrons. The van der Waals surface area contributed by atoms with Crippen molar-refractivity contribution in [3.05, 3.63) is 34.6 Å². The van der Waals surface area contributed by atoms with Gasteiger partial charge in [-0.25, -0.2) is 4.68 Å². The van der Waals surface area contributed by atoms with E-state index in [0.717, 1.165) is 38.8 Å². The number of fused-ring (bicyclic) bond motifs is 1. The molecule has 3 heterocycles. The fourth-order valence-corrected chi connectivity index (χ4v) is 4.45. The molecule has 2 amide bonds. The van der Waals surface area contributed by atoms with E-state index in [4.69, 9.17) is 0 Å². The van der Waals surface area contributed by atoms with Gasteiger partial charge >= 0.3 is 0 Å². The molecule has 2 saturated heterocycles. The quantitative estimate of drug-likeness (QED) is 0.766. The number of hydrogen-bond acceptors (Lipinski definition) is 5. The van der Waals surface area contributed by atoms with Crippen LogP contribution in [0.25, 0.3) is 10.9 Å². The lowest BCUT2D eigenvalue weighted by Gasteiger charge is -2.34. The highest BCUT2D eigenvalue weighted by Gasteiger charge is 2.30. The van der Waals surface area contributed by atoms with Crippen LogP contribution in [-0.4, -0.2) is 62.8 Å². The summed E-state index contributed by atoms with van der Waals surface area (Å²) in [6, 6.07) is 7.07. The van der Waals surface area contributed by atoms with Crippen LogP contribution in [0.4, 0.5) is 0 Å². The lowest BCUT2D eigenvalue weighted by molar-refractivity contribution is -0.140. The average Bonchev–Trinajstić information content (AvgIpc) is 3.08. The predicted octanol–water partition coefficient (Wildman–Crippen LogP) is 1.82. The third kappa shape index (κ3) is 4.52. The van der Waals surface area contributed by atoms with Gasteiger partial charge in [0, 0.05) is 38.5 Å². The van der Waals surface area contributed by atoms with Crippen LogP contribution < -0.4 is 5.56 Å². The molecule has 1 aromatic carbocycles. The molecule has 0 N–H and O–H groups in total. The van der Waals surface area contributed by atoms with Gasteiger partial charge in [0.15, 0.2) is 0 Å². The van der Waals surface area contributed by atoms with Crippen molar-refractivity contribution < 1.29 is 9.59 Å². The molecule has 0 unspecified atom stereocenters. The van der Waals surface area contributed by atoms with Crippen LogP contribution >= 0.6 is 0 Å². The number of amides is 2. The third-order valence-electron chi connectivity index (χ3n) is 6.28. The maximum absolute atomic E-state index is 12.8. The van der Waals surface area contributed by atoms with Crippen molar-refractivity contribution in [3.63, 3.8) is 0 Å². The van der Waals surface area contributed by atoms with Crippen molar-refractivity contribution in [2.24, 2.45) is 5.92 Å². The number of piperidine rings is 1. The number of carbonyl (C=O) groups is 2. The maximum Gasteiger partial charge on any atom is 0.277 e. The van der Waals surface area contributed by atoms with Gasteiger partial charge in [0.05, 0.1) is 11.9 Å². The van der Waals surface area contributed by atoms with Gasteiger partial charge in [-0.1, -0.05) is 30.2 Å². The molecule has 1 aromatic heterocycles. The Kier molecular flexibility index (Phi) is 6.40. The number of aromatic nitrogens is 3. The second-order valence-corrected chi connectivity index (χ2v) is 8.28. The van der Waals surface area contributed by atoms with Crippen LogP contribution in [0.5, 0.6) is 0 Å². The van der Waals surface area contributed by atoms with Gasteiger partial charge in [-0.2, -0.15) is 0 Å². The highest BCUT2D eigenvalue weighted by atomic mass is 16.2. The van der Waals surface area contributed by atoms with E-state index in [1.807, 2.05) is 15.9 Å². The fraction of sp³-hybridized carbons (Fsp3) is 0.591. The van der Waals surface area contributed by atoms with Gasteiger partial charge in [-0.3, -0.25) is 14.4 Å². The molecule has 4 rings (SSSR count). The number of carbonyl (C=O) groups excluding carboxylic acids is 2. The van der Waals surface area contributed by atoms with Crippen LogP contribution in [-0.2, 0) is 16.1 Å². The number of likely N-dealkylation sites (tertiary alicyclic amines) is 2. The fourth-order valence-electron chi connectivity index (χ4n) is 4.45. The number of aryl methyl sites for hydroxylation is 1. The summed E-state index contributed by atoms with van der Waals surface area (Å²) in [4.78, 5) is 41.8. The molecule has 2 fully saturated rings. The first kappa shape index (κ1) is 20.5. The van der Waals surface area contributed by atoms with Gasteiger partial charge in [-0.05, 0) is 37.8 Å². The van der Waals surface area contributed by atoms with Crippen LogP contribution in [0.2, 0.25) is 0 Å². The summed E-state index contributed by atoms with van der Waals surface area (Å²) in [6.45, 7) is 3.16. The van der Waals surface area contributed by atoms with Gasteiger partial charge in [0.2, 0.25) is 11.8 Å². The van der Waals surface area contributed by atoms with E-state index in [9.17, 15) is 14.4 Å². The Labute approximate surface area is 175 Å². The van der Waals surface area contributed by atoms with E-state index in [1.54, 1.807) is 18.2 Å². The first-order valence-corrected chi connectivity index (χ1v) is 11.0. The molecule has 160 valence electrons. The Morgan fingerprint density at radius 2 is 1.63 bits per heavy atom. The Morgan fingerprint density at radius 1 is 0.933 bits per heavy atom. The largest absolute Gasteiger partial charge is 0.343 e. The SMILES string of the molecule is O=C(CCn1nnc2ccccc2c1=O)N1CCC(C(=O)N2CCCCCC2)CC1. The van der Waals surface area contributed by atoms with Crippen molar-refractivity contribution in [1.29, 1.82) is 0 Å². The van der Waals surface area contributed by atoms with Crippen molar-refractivity contribution in [2.45, 2.75) is 51.5 Å². The summed E-state index contributed by atoms with van der Waals surface area (Å²) in [5.41, 5.74) is 0.330. The number of nitrogens with zero attached hydrogens (tertiary/aromatic N) is 5. The zero-order valence-corrected chi connectivity index (χ0v) is 17.3. The maximum atomic E-state index is 12.8. The first-order valence-electron chi connectivity index (χ1n) is 11.0. The second-order valence-electron chi connectivity index (χ2n) is 8.28. The topological polar surface area (TPSA) is 88.4 Å². The molecule has 8 heteroatoms. The molecule has 2 aliphatic heterocycles. The molecular weight excluding hydrogens is 382 g/mol. The minimum absolute atomic E-state index is 0.00229. The van der Waals surface area contributed by atoms with Crippen molar-refractivity contribution in [1.82, 2.24) is 24.8 Å². The van der Waals surface area contributed by atoms with E-state index >= 15 is 0 Å². The Hall–Kier alpha value is -2.77. The number of rotatable bonds is 4. The third-order valence-corrected chi connectivity index (χ3v) is 6.28. The van der Waals surface area contributed by atoms with Crippen LogP contribution in [0.15, 0.2) is 29.1 Å². The molecule has 2 aromatic rings. The average molecular weight is 412 g/mol. The summed E-state index contributed by atoms with van der Waals surface area (Å²) >= 11 is 0.